The number of unbranched alkanes of at least 4 members (excludes halogenated alkanes) is 1. The molecular formula is C17H24N6O3. The molecule has 26 heavy (non-hydrogen) atoms. The van der Waals surface area contributed by atoms with Gasteiger partial charge in [0.1, 0.15) is 5.82 Å². The number of aromatic amines is 1. The van der Waals surface area contributed by atoms with Crippen molar-refractivity contribution in [2.45, 2.75) is 46.5 Å². The number of hydrogen-bond donors (Lipinski definition) is 3. The second-order valence-corrected chi connectivity index (χ2v) is 5.96. The molecule has 9 heteroatoms. The minimum absolute atomic E-state index is 0.191. The highest BCUT2D eigenvalue weighted by atomic mass is 16.2. The van der Waals surface area contributed by atoms with Crippen molar-refractivity contribution in [3.05, 3.63) is 33.9 Å². The van der Waals surface area contributed by atoms with E-state index in [4.69, 9.17) is 0 Å². The third-order valence-corrected chi connectivity index (χ3v) is 3.58. The Bertz CT molecular complexity index is 839. The van der Waals surface area contributed by atoms with Crippen LogP contribution in [0.5, 0.6) is 0 Å². The summed E-state index contributed by atoms with van der Waals surface area (Å²) in [5, 5.41) is 9.31. The molecule has 9 nitrogen and oxygen atoms in total. The van der Waals surface area contributed by atoms with E-state index in [0.29, 0.717) is 24.4 Å². The first-order valence-electron chi connectivity index (χ1n) is 8.71. The lowest BCUT2D eigenvalue weighted by molar-refractivity contribution is -0.136. The summed E-state index contributed by atoms with van der Waals surface area (Å²) in [4.78, 5) is 42.8. The molecule has 0 aliphatic rings. The second kappa shape index (κ2) is 8.93. The Morgan fingerprint density at radius 1 is 1.19 bits per heavy atom. The molecule has 0 saturated heterocycles. The Labute approximate surface area is 151 Å². The molecule has 2 amide bonds. The van der Waals surface area contributed by atoms with Gasteiger partial charge in [-0.2, -0.15) is 9.78 Å². The van der Waals surface area contributed by atoms with E-state index in [-0.39, 0.29) is 17.3 Å². The van der Waals surface area contributed by atoms with Crippen LogP contribution in [-0.4, -0.2) is 38.1 Å². The first-order valence-corrected chi connectivity index (χ1v) is 8.71. The molecule has 2 aromatic rings. The molecule has 2 aromatic heterocycles. The summed E-state index contributed by atoms with van der Waals surface area (Å²) in [5.74, 6) is -1.06. The Morgan fingerprint density at radius 3 is 2.65 bits per heavy atom. The van der Waals surface area contributed by atoms with E-state index < -0.39 is 11.8 Å². The minimum atomic E-state index is -0.797. The van der Waals surface area contributed by atoms with Crippen LogP contribution >= 0.6 is 0 Å². The Morgan fingerprint density at radius 2 is 1.96 bits per heavy atom. The van der Waals surface area contributed by atoms with Crippen LogP contribution in [0.3, 0.4) is 0 Å². The molecule has 0 aliphatic heterocycles. The van der Waals surface area contributed by atoms with E-state index in [0.717, 1.165) is 19.3 Å². The number of nitrogens with zero attached hydrogens (tertiary/aromatic N) is 3. The third kappa shape index (κ3) is 5.01. The predicted octanol–water partition coefficient (Wildman–Crippen LogP) is 1.07. The van der Waals surface area contributed by atoms with E-state index in [1.807, 2.05) is 13.8 Å². The summed E-state index contributed by atoms with van der Waals surface area (Å²) < 4.78 is 1.31. The number of carbonyl (C=O) groups excluding carboxylic acids is 2. The topological polar surface area (TPSA) is 122 Å². The fraction of sp³-hybridized carbons (Fsp3) is 0.471. The molecule has 0 radical (unpaired) electrons. The van der Waals surface area contributed by atoms with Crippen LogP contribution in [0.2, 0.25) is 0 Å². The lowest BCUT2D eigenvalue weighted by Gasteiger charge is -2.09. The number of anilines is 1. The molecule has 0 saturated carbocycles. The smallest absolute Gasteiger partial charge is 0.314 e. The Kier molecular flexibility index (Phi) is 6.65. The van der Waals surface area contributed by atoms with E-state index >= 15 is 0 Å². The van der Waals surface area contributed by atoms with Crippen LogP contribution in [0.15, 0.2) is 16.9 Å². The van der Waals surface area contributed by atoms with Crippen molar-refractivity contribution in [1.82, 2.24) is 25.1 Å². The van der Waals surface area contributed by atoms with Gasteiger partial charge >= 0.3 is 11.8 Å². The molecule has 2 rings (SSSR count). The predicted molar refractivity (Wildman–Crippen MR) is 97.3 cm³/mol. The first-order chi connectivity index (χ1) is 12.4. The van der Waals surface area contributed by atoms with Crippen molar-refractivity contribution in [3.63, 3.8) is 0 Å². The molecule has 2 heterocycles. The van der Waals surface area contributed by atoms with Gasteiger partial charge < -0.3 is 10.6 Å². The van der Waals surface area contributed by atoms with Gasteiger partial charge in [0, 0.05) is 24.4 Å². The van der Waals surface area contributed by atoms with Crippen LogP contribution in [0.4, 0.5) is 5.82 Å². The third-order valence-electron chi connectivity index (χ3n) is 3.58. The number of H-pyrrole nitrogens is 1. The van der Waals surface area contributed by atoms with Gasteiger partial charge in [-0.1, -0.05) is 26.7 Å². The average molecular weight is 360 g/mol. The zero-order valence-electron chi connectivity index (χ0n) is 15.3. The Balaban J connectivity index is 2.24. The number of hydrogen-bond acceptors (Lipinski definition) is 5. The maximum Gasteiger partial charge on any atom is 0.314 e. The summed E-state index contributed by atoms with van der Waals surface area (Å²) in [7, 11) is 0. The van der Waals surface area contributed by atoms with Crippen molar-refractivity contribution in [2.75, 3.05) is 11.9 Å². The lowest BCUT2D eigenvalue weighted by atomic mass is 10.2. The van der Waals surface area contributed by atoms with E-state index in [2.05, 4.69) is 25.7 Å². The average Bonchev–Trinajstić information content (AvgIpc) is 2.95. The zero-order chi connectivity index (χ0) is 19.1. The quantitative estimate of drug-likeness (QED) is 0.504. The molecule has 0 fully saturated rings. The number of carbonyl (C=O) groups is 2. The lowest BCUT2D eigenvalue weighted by Crippen LogP contribution is -2.36. The van der Waals surface area contributed by atoms with Crippen molar-refractivity contribution >= 4 is 17.6 Å². The zero-order valence-corrected chi connectivity index (χ0v) is 15.3. The van der Waals surface area contributed by atoms with Gasteiger partial charge in [-0.15, -0.1) is 0 Å². The fourth-order valence-electron chi connectivity index (χ4n) is 2.36. The normalized spacial score (nSPS) is 10.6. The van der Waals surface area contributed by atoms with Crippen LogP contribution in [0, 0.1) is 6.92 Å². The maximum atomic E-state index is 12.1. The van der Waals surface area contributed by atoms with Crippen LogP contribution in [-0.2, 0) is 16.0 Å². The molecule has 0 aromatic carbocycles. The molecule has 0 bridgehead atoms. The van der Waals surface area contributed by atoms with Crippen LogP contribution in [0.1, 0.15) is 44.5 Å². The number of rotatable bonds is 7. The van der Waals surface area contributed by atoms with Crippen LogP contribution in [0.25, 0.3) is 5.95 Å². The number of amides is 2. The molecule has 0 aliphatic carbocycles. The highest BCUT2D eigenvalue weighted by Gasteiger charge is 2.18. The van der Waals surface area contributed by atoms with Gasteiger partial charge in [0.15, 0.2) is 0 Å². The molecule has 3 N–H and O–H groups in total. The summed E-state index contributed by atoms with van der Waals surface area (Å²) >= 11 is 0. The van der Waals surface area contributed by atoms with E-state index in [1.54, 1.807) is 13.0 Å². The van der Waals surface area contributed by atoms with Gasteiger partial charge in [-0.05, 0) is 19.8 Å². The van der Waals surface area contributed by atoms with Gasteiger partial charge in [-0.25, -0.2) is 4.98 Å². The van der Waals surface area contributed by atoms with Gasteiger partial charge in [0.2, 0.25) is 5.95 Å². The van der Waals surface area contributed by atoms with Crippen molar-refractivity contribution < 1.29 is 9.59 Å². The SMILES string of the molecule is CCCCNC(=O)C(=O)Nc1cc(C)nn1-c1nc(CCC)cc(=O)[nH]1. The highest BCUT2D eigenvalue weighted by molar-refractivity contribution is 6.39. The van der Waals surface area contributed by atoms with Gasteiger partial charge in [0.25, 0.3) is 5.56 Å². The minimum Gasteiger partial charge on any atom is -0.348 e. The maximum absolute atomic E-state index is 12.1. The van der Waals surface area contributed by atoms with E-state index in [1.165, 1.54) is 10.7 Å². The molecule has 0 unspecified atom stereocenters. The van der Waals surface area contributed by atoms with Gasteiger partial charge in [-0.3, -0.25) is 19.4 Å². The van der Waals surface area contributed by atoms with Crippen LogP contribution < -0.4 is 16.2 Å². The molecule has 140 valence electrons. The highest BCUT2D eigenvalue weighted by Crippen LogP contribution is 2.14. The fourth-order valence-corrected chi connectivity index (χ4v) is 2.36. The molecule has 0 atom stereocenters. The summed E-state index contributed by atoms with van der Waals surface area (Å²) in [5.41, 5.74) is 0.936. The monoisotopic (exact) mass is 360 g/mol. The van der Waals surface area contributed by atoms with E-state index in [9.17, 15) is 14.4 Å². The molecule has 0 spiro atoms. The first kappa shape index (κ1) is 19.4. The summed E-state index contributed by atoms with van der Waals surface area (Å²) in [6.45, 7) is 6.16. The summed E-state index contributed by atoms with van der Waals surface area (Å²) in [6, 6.07) is 3.03. The largest absolute Gasteiger partial charge is 0.348 e. The standard InChI is InChI=1S/C17H24N6O3/c1-4-6-8-18-15(25)16(26)20-13-9-11(3)22-23(13)17-19-12(7-5-2)10-14(24)21-17/h9-10H,4-8H2,1-3H3,(H,18,25)(H,20,26)(H,19,21,24). The second-order valence-electron chi connectivity index (χ2n) is 5.96. The van der Waals surface area contributed by atoms with Gasteiger partial charge in [0.05, 0.1) is 5.69 Å². The number of aryl methyl sites for hydroxylation is 2. The van der Waals surface area contributed by atoms with Crippen molar-refractivity contribution in [3.8, 4) is 5.95 Å². The van der Waals surface area contributed by atoms with Crippen molar-refractivity contribution in [1.29, 1.82) is 0 Å². The molecular weight excluding hydrogens is 336 g/mol. The summed E-state index contributed by atoms with van der Waals surface area (Å²) in [6.07, 6.45) is 3.21. The number of nitrogens with one attached hydrogen (secondary N) is 3. The Hall–Kier alpha value is -2.97. The van der Waals surface area contributed by atoms with Crippen molar-refractivity contribution in [2.24, 2.45) is 0 Å². The number of aromatic nitrogens is 4.